The molecule has 1 aromatic rings. The van der Waals surface area contributed by atoms with E-state index in [0.717, 1.165) is 12.8 Å². The van der Waals surface area contributed by atoms with E-state index < -0.39 is 10.0 Å². The highest BCUT2D eigenvalue weighted by Gasteiger charge is 2.33. The molecule has 1 fully saturated rings. The summed E-state index contributed by atoms with van der Waals surface area (Å²) < 4.78 is 26.5. The van der Waals surface area contributed by atoms with Crippen LogP contribution >= 0.6 is 11.6 Å². The molecule has 0 amide bonds. The zero-order valence-corrected chi connectivity index (χ0v) is 12.1. The molecule has 18 heavy (non-hydrogen) atoms. The summed E-state index contributed by atoms with van der Waals surface area (Å²) in [6.07, 6.45) is 1.80. The highest BCUT2D eigenvalue weighted by atomic mass is 35.5. The number of anilines is 1. The van der Waals surface area contributed by atoms with Crippen molar-refractivity contribution in [3.05, 3.63) is 22.7 Å². The van der Waals surface area contributed by atoms with Crippen molar-refractivity contribution >= 4 is 27.3 Å². The topological polar surface area (TPSA) is 63.4 Å². The first-order valence-electron chi connectivity index (χ1n) is 5.91. The first kappa shape index (κ1) is 13.6. The maximum atomic E-state index is 12.5. The Balaban J connectivity index is 2.48. The second-order valence-corrected chi connectivity index (χ2v) is 7.02. The highest BCUT2D eigenvalue weighted by Crippen LogP contribution is 2.30. The molecule has 100 valence electrons. The number of nitrogens with zero attached hydrogens (tertiary/aromatic N) is 1. The molecule has 1 unspecified atom stereocenters. The molecule has 1 aromatic carbocycles. The summed E-state index contributed by atoms with van der Waals surface area (Å²) in [5.74, 6) is 0. The average Bonchev–Trinajstić information content (AvgIpc) is 2.72. The Morgan fingerprint density at radius 1 is 1.44 bits per heavy atom. The van der Waals surface area contributed by atoms with Crippen molar-refractivity contribution in [2.75, 3.05) is 12.3 Å². The number of nitrogens with two attached hydrogens (primary N) is 1. The largest absolute Gasteiger partial charge is 0.398 e. The van der Waals surface area contributed by atoms with E-state index in [4.69, 9.17) is 17.3 Å². The molecule has 0 saturated carbocycles. The van der Waals surface area contributed by atoms with E-state index in [-0.39, 0.29) is 10.9 Å². The fourth-order valence-electron chi connectivity index (χ4n) is 2.22. The second kappa shape index (κ2) is 4.72. The van der Waals surface area contributed by atoms with E-state index in [1.54, 1.807) is 6.92 Å². The number of halogens is 1. The van der Waals surface area contributed by atoms with Gasteiger partial charge in [-0.25, -0.2) is 8.42 Å². The van der Waals surface area contributed by atoms with E-state index in [1.807, 2.05) is 6.92 Å². The molecule has 1 saturated heterocycles. The van der Waals surface area contributed by atoms with Gasteiger partial charge < -0.3 is 5.73 Å². The van der Waals surface area contributed by atoms with Crippen LogP contribution in [0.4, 0.5) is 5.69 Å². The van der Waals surface area contributed by atoms with Crippen molar-refractivity contribution in [2.24, 2.45) is 0 Å². The normalized spacial score (nSPS) is 21.4. The van der Waals surface area contributed by atoms with Gasteiger partial charge >= 0.3 is 0 Å². The summed E-state index contributed by atoms with van der Waals surface area (Å²) in [6.45, 7) is 4.26. The van der Waals surface area contributed by atoms with Gasteiger partial charge in [0, 0.05) is 23.3 Å². The van der Waals surface area contributed by atoms with Gasteiger partial charge in [0.25, 0.3) is 0 Å². The summed E-state index contributed by atoms with van der Waals surface area (Å²) in [6, 6.07) is 3.01. The predicted molar refractivity (Wildman–Crippen MR) is 73.2 cm³/mol. The lowest BCUT2D eigenvalue weighted by molar-refractivity contribution is 0.408. The third kappa shape index (κ3) is 2.22. The van der Waals surface area contributed by atoms with Gasteiger partial charge in [0.2, 0.25) is 10.0 Å². The van der Waals surface area contributed by atoms with E-state index in [1.165, 1.54) is 16.4 Å². The molecule has 0 spiro atoms. The molecule has 0 radical (unpaired) electrons. The van der Waals surface area contributed by atoms with Gasteiger partial charge in [0.15, 0.2) is 0 Å². The van der Waals surface area contributed by atoms with Crippen molar-refractivity contribution in [1.29, 1.82) is 0 Å². The summed E-state index contributed by atoms with van der Waals surface area (Å²) in [5, 5.41) is 0.389. The van der Waals surface area contributed by atoms with Gasteiger partial charge in [0.05, 0.1) is 4.90 Å². The third-order valence-corrected chi connectivity index (χ3v) is 5.84. The molecule has 2 rings (SSSR count). The van der Waals surface area contributed by atoms with Crippen LogP contribution in [-0.4, -0.2) is 25.3 Å². The minimum Gasteiger partial charge on any atom is -0.398 e. The van der Waals surface area contributed by atoms with E-state index in [0.29, 0.717) is 22.8 Å². The van der Waals surface area contributed by atoms with Crippen LogP contribution in [0, 0.1) is 6.92 Å². The summed E-state index contributed by atoms with van der Waals surface area (Å²) in [5.41, 5.74) is 6.91. The first-order chi connectivity index (χ1) is 8.34. The van der Waals surface area contributed by atoms with Crippen LogP contribution in [0.15, 0.2) is 17.0 Å². The standard InChI is InChI=1S/C12H17ClN2O2S/c1-8-4-3-5-15(8)18(16,17)10-6-11(13)9(2)12(14)7-10/h6-8H,3-5,14H2,1-2H3. The van der Waals surface area contributed by atoms with Gasteiger partial charge in [-0.3, -0.25) is 0 Å². The molecule has 0 aliphatic carbocycles. The van der Waals surface area contributed by atoms with Crippen LogP contribution in [0.2, 0.25) is 5.02 Å². The van der Waals surface area contributed by atoms with Crippen molar-refractivity contribution in [3.63, 3.8) is 0 Å². The molecular formula is C12H17ClN2O2S. The molecule has 1 aliphatic rings. The fraction of sp³-hybridized carbons (Fsp3) is 0.500. The monoisotopic (exact) mass is 288 g/mol. The minimum absolute atomic E-state index is 0.0382. The maximum absolute atomic E-state index is 12.5. The molecular weight excluding hydrogens is 272 g/mol. The molecule has 2 N–H and O–H groups in total. The van der Waals surface area contributed by atoms with E-state index >= 15 is 0 Å². The smallest absolute Gasteiger partial charge is 0.243 e. The third-order valence-electron chi connectivity index (χ3n) is 3.46. The summed E-state index contributed by atoms with van der Waals surface area (Å²) in [7, 11) is -3.48. The lowest BCUT2D eigenvalue weighted by atomic mass is 10.2. The Morgan fingerprint density at radius 2 is 2.11 bits per heavy atom. The molecule has 1 heterocycles. The Labute approximate surface area is 113 Å². The number of nitrogen functional groups attached to an aromatic ring is 1. The first-order valence-corrected chi connectivity index (χ1v) is 7.73. The van der Waals surface area contributed by atoms with Crippen LogP contribution in [0.3, 0.4) is 0 Å². The molecule has 1 atom stereocenters. The molecule has 0 bridgehead atoms. The quantitative estimate of drug-likeness (QED) is 0.850. The van der Waals surface area contributed by atoms with Crippen LogP contribution in [0.5, 0.6) is 0 Å². The van der Waals surface area contributed by atoms with Gasteiger partial charge in [0.1, 0.15) is 0 Å². The number of sulfonamides is 1. The van der Waals surface area contributed by atoms with Crippen LogP contribution < -0.4 is 5.73 Å². The zero-order valence-electron chi connectivity index (χ0n) is 10.5. The van der Waals surface area contributed by atoms with Crippen LogP contribution in [0.25, 0.3) is 0 Å². The Hall–Kier alpha value is -0.780. The van der Waals surface area contributed by atoms with E-state index in [2.05, 4.69) is 0 Å². The van der Waals surface area contributed by atoms with Gasteiger partial charge in [-0.2, -0.15) is 4.31 Å². The van der Waals surface area contributed by atoms with Crippen LogP contribution in [0.1, 0.15) is 25.3 Å². The molecule has 6 heteroatoms. The zero-order chi connectivity index (χ0) is 13.5. The maximum Gasteiger partial charge on any atom is 0.243 e. The van der Waals surface area contributed by atoms with E-state index in [9.17, 15) is 8.42 Å². The predicted octanol–water partition coefficient (Wildman–Crippen LogP) is 2.40. The van der Waals surface area contributed by atoms with Crippen LogP contribution in [-0.2, 0) is 10.0 Å². The number of hydrogen-bond donors (Lipinski definition) is 1. The van der Waals surface area contributed by atoms with Crippen molar-refractivity contribution in [3.8, 4) is 0 Å². The van der Waals surface area contributed by atoms with Crippen molar-refractivity contribution in [2.45, 2.75) is 37.6 Å². The molecule has 1 aliphatic heterocycles. The number of benzene rings is 1. The average molecular weight is 289 g/mol. The van der Waals surface area contributed by atoms with Crippen molar-refractivity contribution in [1.82, 2.24) is 4.31 Å². The summed E-state index contributed by atoms with van der Waals surface area (Å²) >= 11 is 6.01. The van der Waals surface area contributed by atoms with Gasteiger partial charge in [-0.15, -0.1) is 0 Å². The van der Waals surface area contributed by atoms with Crippen molar-refractivity contribution < 1.29 is 8.42 Å². The minimum atomic E-state index is -3.48. The Bertz CT molecular complexity index is 548. The molecule has 4 nitrogen and oxygen atoms in total. The lowest BCUT2D eigenvalue weighted by Crippen LogP contribution is -2.33. The Morgan fingerprint density at radius 3 is 2.61 bits per heavy atom. The fourth-order valence-corrected chi connectivity index (χ4v) is 4.28. The number of rotatable bonds is 2. The highest BCUT2D eigenvalue weighted by molar-refractivity contribution is 7.89. The Kier molecular flexibility index (Phi) is 3.58. The van der Waals surface area contributed by atoms with Gasteiger partial charge in [-0.1, -0.05) is 11.6 Å². The lowest BCUT2D eigenvalue weighted by Gasteiger charge is -2.21. The SMILES string of the molecule is Cc1c(N)cc(S(=O)(=O)N2CCCC2C)cc1Cl. The number of hydrogen-bond acceptors (Lipinski definition) is 3. The second-order valence-electron chi connectivity index (χ2n) is 4.73. The molecule has 0 aromatic heterocycles. The summed E-state index contributed by atoms with van der Waals surface area (Å²) in [4.78, 5) is 0.185. The van der Waals surface area contributed by atoms with Gasteiger partial charge in [-0.05, 0) is 44.4 Å².